The molecule has 2 atom stereocenters. The molecule has 2 heterocycles. The van der Waals surface area contributed by atoms with E-state index in [1.165, 1.54) is 0 Å². The average Bonchev–Trinajstić information content (AvgIpc) is 2.69. The molecule has 1 aliphatic rings. The molecule has 0 amide bonds. The highest BCUT2D eigenvalue weighted by molar-refractivity contribution is 7.15. The van der Waals surface area contributed by atoms with Gasteiger partial charge < -0.3 is 10.6 Å². The van der Waals surface area contributed by atoms with Crippen molar-refractivity contribution in [2.45, 2.75) is 24.8 Å². The molecule has 0 bridgehead atoms. The summed E-state index contributed by atoms with van der Waals surface area (Å²) in [4.78, 5) is 0. The van der Waals surface area contributed by atoms with Gasteiger partial charge in [0, 0.05) is 6.54 Å². The van der Waals surface area contributed by atoms with Crippen LogP contribution < -0.4 is 10.6 Å². The molecule has 1 aromatic rings. The van der Waals surface area contributed by atoms with Crippen molar-refractivity contribution in [2.75, 3.05) is 18.4 Å². The number of hydrogen-bond donors (Lipinski definition) is 2. The van der Waals surface area contributed by atoms with Gasteiger partial charge in [0.15, 0.2) is 0 Å². The van der Waals surface area contributed by atoms with Crippen LogP contribution in [0.1, 0.15) is 11.4 Å². The Hall–Kier alpha value is -0.960. The molecule has 9 heteroatoms. The average molecular weight is 270 g/mol. The molecule has 4 nitrogen and oxygen atoms in total. The predicted octanol–water partition coefficient (Wildman–Crippen LogP) is 1.67. The maximum atomic E-state index is 13.4. The highest BCUT2D eigenvalue weighted by Crippen LogP contribution is 2.33. The predicted molar refractivity (Wildman–Crippen MR) is 54.7 cm³/mol. The minimum atomic E-state index is -4.50. The Morgan fingerprint density at radius 2 is 2.12 bits per heavy atom. The Morgan fingerprint density at radius 1 is 1.35 bits per heavy atom. The van der Waals surface area contributed by atoms with Crippen LogP contribution in [0.5, 0.6) is 0 Å². The molecule has 0 aliphatic carbocycles. The van der Waals surface area contributed by atoms with Gasteiger partial charge >= 0.3 is 6.18 Å². The highest BCUT2D eigenvalue weighted by Gasteiger charge is 2.36. The van der Waals surface area contributed by atoms with E-state index in [9.17, 15) is 17.6 Å². The Labute approximate surface area is 98.4 Å². The van der Waals surface area contributed by atoms with Crippen molar-refractivity contribution in [3.63, 3.8) is 0 Å². The van der Waals surface area contributed by atoms with E-state index in [1.54, 1.807) is 0 Å². The second kappa shape index (κ2) is 4.73. The molecule has 1 saturated heterocycles. The van der Waals surface area contributed by atoms with Crippen LogP contribution >= 0.6 is 11.3 Å². The van der Waals surface area contributed by atoms with Crippen molar-refractivity contribution in [2.24, 2.45) is 0 Å². The maximum absolute atomic E-state index is 13.4. The van der Waals surface area contributed by atoms with Crippen molar-refractivity contribution in [1.82, 2.24) is 15.5 Å². The molecule has 1 fully saturated rings. The lowest BCUT2D eigenvalue weighted by molar-refractivity contribution is -0.138. The molecule has 1 aliphatic heterocycles. The van der Waals surface area contributed by atoms with E-state index >= 15 is 0 Å². The first-order valence-electron chi connectivity index (χ1n) is 4.99. The lowest BCUT2D eigenvalue weighted by atomic mass is 10.1. The van der Waals surface area contributed by atoms with Gasteiger partial charge in [-0.3, -0.25) is 0 Å². The van der Waals surface area contributed by atoms with E-state index in [0.29, 0.717) is 24.3 Å². The maximum Gasteiger partial charge on any atom is 0.445 e. The Balaban J connectivity index is 2.01. The van der Waals surface area contributed by atoms with Gasteiger partial charge in [-0.15, -0.1) is 10.2 Å². The Kier molecular flexibility index (Phi) is 3.48. The summed E-state index contributed by atoms with van der Waals surface area (Å²) in [6.45, 7) is 0.825. The summed E-state index contributed by atoms with van der Waals surface area (Å²) >= 11 is 0.390. The van der Waals surface area contributed by atoms with Crippen molar-refractivity contribution in [3.8, 4) is 0 Å². The second-order valence-electron chi connectivity index (χ2n) is 3.67. The van der Waals surface area contributed by atoms with Crippen LogP contribution in [0.15, 0.2) is 0 Å². The number of rotatable bonds is 2. The molecule has 0 saturated carbocycles. The lowest BCUT2D eigenvalue weighted by Gasteiger charge is -2.26. The van der Waals surface area contributed by atoms with E-state index in [0.717, 1.165) is 0 Å². The molecule has 2 rings (SSSR count). The van der Waals surface area contributed by atoms with Crippen LogP contribution in [0.25, 0.3) is 0 Å². The zero-order valence-electron chi connectivity index (χ0n) is 8.59. The molecule has 0 radical (unpaired) electrons. The molecule has 2 N–H and O–H groups in total. The van der Waals surface area contributed by atoms with Crippen LogP contribution in [-0.4, -0.2) is 35.5 Å². The van der Waals surface area contributed by atoms with E-state index in [1.807, 2.05) is 0 Å². The number of halogens is 4. The molecule has 17 heavy (non-hydrogen) atoms. The van der Waals surface area contributed by atoms with Crippen molar-refractivity contribution in [3.05, 3.63) is 5.01 Å². The Morgan fingerprint density at radius 3 is 2.71 bits per heavy atom. The lowest BCUT2D eigenvalue weighted by Crippen LogP contribution is -2.45. The fourth-order valence-corrected chi connectivity index (χ4v) is 2.21. The van der Waals surface area contributed by atoms with E-state index < -0.39 is 23.4 Å². The number of alkyl halides is 4. The van der Waals surface area contributed by atoms with Crippen LogP contribution in [0.4, 0.5) is 22.7 Å². The first kappa shape index (κ1) is 12.5. The third-order valence-corrected chi connectivity index (χ3v) is 3.28. The van der Waals surface area contributed by atoms with Gasteiger partial charge in [0.25, 0.3) is 0 Å². The molecule has 96 valence electrons. The monoisotopic (exact) mass is 270 g/mol. The minimum absolute atomic E-state index is 0.00637. The van der Waals surface area contributed by atoms with Crippen molar-refractivity contribution < 1.29 is 17.6 Å². The van der Waals surface area contributed by atoms with Crippen molar-refractivity contribution >= 4 is 16.5 Å². The first-order valence-corrected chi connectivity index (χ1v) is 5.80. The summed E-state index contributed by atoms with van der Waals surface area (Å²) in [6.07, 6.45) is -5.13. The molecule has 1 aromatic heterocycles. The van der Waals surface area contributed by atoms with Gasteiger partial charge in [-0.2, -0.15) is 13.2 Å². The number of anilines is 1. The third-order valence-electron chi connectivity index (χ3n) is 2.38. The van der Waals surface area contributed by atoms with E-state index in [-0.39, 0.29) is 11.7 Å². The molecule has 0 aromatic carbocycles. The molecular formula is C8H10F4N4S. The zero-order chi connectivity index (χ0) is 12.5. The SMILES string of the molecule is F[C@@H]1CNCC[C@@H]1Nc1nnc(C(F)(F)F)s1. The van der Waals surface area contributed by atoms with Crippen LogP contribution in [0.2, 0.25) is 0 Å². The van der Waals surface area contributed by atoms with Gasteiger partial charge in [-0.1, -0.05) is 11.3 Å². The summed E-state index contributed by atoms with van der Waals surface area (Å²) in [7, 11) is 0. The molecule has 0 unspecified atom stereocenters. The van der Waals surface area contributed by atoms with Crippen LogP contribution in [-0.2, 0) is 6.18 Å². The topological polar surface area (TPSA) is 49.8 Å². The summed E-state index contributed by atoms with van der Waals surface area (Å²) in [5, 5.41) is 10.9. The van der Waals surface area contributed by atoms with Gasteiger partial charge in [-0.05, 0) is 13.0 Å². The standard InChI is InChI=1S/C8H10F4N4S/c9-4-3-13-2-1-5(4)14-7-16-15-6(17-7)8(10,11)12/h4-5,13H,1-3H2,(H,14,16)/t4-,5+/m1/s1. The zero-order valence-corrected chi connectivity index (χ0v) is 9.41. The Bertz CT molecular complexity index is 380. The third kappa shape index (κ3) is 3.03. The normalized spacial score (nSPS) is 25.9. The fourth-order valence-electron chi connectivity index (χ4n) is 1.54. The molecule has 0 spiro atoms. The smallest absolute Gasteiger partial charge is 0.354 e. The number of piperidine rings is 1. The second-order valence-corrected chi connectivity index (χ2v) is 4.65. The molecular weight excluding hydrogens is 260 g/mol. The summed E-state index contributed by atoms with van der Waals surface area (Å²) in [6, 6.07) is -0.509. The summed E-state index contributed by atoms with van der Waals surface area (Å²) in [5.41, 5.74) is 0. The van der Waals surface area contributed by atoms with Crippen LogP contribution in [0, 0.1) is 0 Å². The van der Waals surface area contributed by atoms with Crippen LogP contribution in [0.3, 0.4) is 0 Å². The largest absolute Gasteiger partial charge is 0.445 e. The minimum Gasteiger partial charge on any atom is -0.354 e. The fraction of sp³-hybridized carbons (Fsp3) is 0.750. The van der Waals surface area contributed by atoms with Gasteiger partial charge in [0.1, 0.15) is 6.17 Å². The summed E-state index contributed by atoms with van der Waals surface area (Å²) < 4.78 is 50.1. The highest BCUT2D eigenvalue weighted by atomic mass is 32.1. The number of aromatic nitrogens is 2. The first-order chi connectivity index (χ1) is 7.97. The van der Waals surface area contributed by atoms with E-state index in [4.69, 9.17) is 0 Å². The number of hydrogen-bond acceptors (Lipinski definition) is 5. The van der Waals surface area contributed by atoms with E-state index in [2.05, 4.69) is 20.8 Å². The number of nitrogens with one attached hydrogen (secondary N) is 2. The summed E-state index contributed by atoms with van der Waals surface area (Å²) in [5.74, 6) is 0. The van der Waals surface area contributed by atoms with Gasteiger partial charge in [0.2, 0.25) is 10.1 Å². The number of nitrogens with zero attached hydrogens (tertiary/aromatic N) is 2. The van der Waals surface area contributed by atoms with Gasteiger partial charge in [-0.25, -0.2) is 4.39 Å². The quantitative estimate of drug-likeness (QED) is 0.803. The van der Waals surface area contributed by atoms with Crippen molar-refractivity contribution in [1.29, 1.82) is 0 Å². The van der Waals surface area contributed by atoms with Gasteiger partial charge in [0.05, 0.1) is 6.04 Å².